The van der Waals surface area contributed by atoms with E-state index in [0.29, 0.717) is 22.3 Å². The first-order valence-corrected chi connectivity index (χ1v) is 9.27. The third kappa shape index (κ3) is 2.56. The van der Waals surface area contributed by atoms with Crippen molar-refractivity contribution >= 4 is 34.8 Å². The van der Waals surface area contributed by atoms with Gasteiger partial charge in [-0.15, -0.1) is 0 Å². The summed E-state index contributed by atoms with van der Waals surface area (Å²) in [5, 5.41) is 6.85. The van der Waals surface area contributed by atoms with Crippen LogP contribution in [0.25, 0.3) is 10.8 Å². The molecule has 1 heterocycles. The van der Waals surface area contributed by atoms with Crippen LogP contribution in [0.4, 0.5) is 0 Å². The molecule has 0 aromatic heterocycles. The van der Waals surface area contributed by atoms with Gasteiger partial charge in [-0.2, -0.15) is 10.1 Å². The van der Waals surface area contributed by atoms with Gasteiger partial charge in [0.2, 0.25) is 0 Å². The molecule has 0 radical (unpaired) electrons. The number of benzene rings is 3. The summed E-state index contributed by atoms with van der Waals surface area (Å²) in [6.07, 6.45) is 3.29. The fraction of sp³-hybridized carbons (Fsp3) is 0.130. The predicted molar refractivity (Wildman–Crippen MR) is 107 cm³/mol. The van der Waals surface area contributed by atoms with Gasteiger partial charge >= 0.3 is 5.97 Å². The van der Waals surface area contributed by atoms with E-state index >= 15 is 0 Å². The zero-order valence-corrected chi connectivity index (χ0v) is 15.6. The van der Waals surface area contributed by atoms with Crippen LogP contribution in [0.1, 0.15) is 47.8 Å². The summed E-state index contributed by atoms with van der Waals surface area (Å²) in [5.74, 6) is -1.29. The molecule has 0 unspecified atom stereocenters. The molecule has 0 spiro atoms. The summed E-state index contributed by atoms with van der Waals surface area (Å²) in [6, 6.07) is 14.1. The van der Waals surface area contributed by atoms with Crippen LogP contribution in [0.3, 0.4) is 0 Å². The molecule has 0 saturated carbocycles. The van der Waals surface area contributed by atoms with Crippen molar-refractivity contribution in [3.63, 3.8) is 0 Å². The number of esters is 1. The van der Waals surface area contributed by atoms with Gasteiger partial charge in [-0.25, -0.2) is 4.79 Å². The molecule has 1 aliphatic heterocycles. The Morgan fingerprint density at radius 1 is 0.897 bits per heavy atom. The van der Waals surface area contributed by atoms with Gasteiger partial charge in [0.15, 0.2) is 0 Å². The lowest BCUT2D eigenvalue weighted by Gasteiger charge is -2.23. The lowest BCUT2D eigenvalue weighted by atomic mass is 9.92. The number of methoxy groups -OCH3 is 1. The topological polar surface area (TPSA) is 76.0 Å². The largest absolute Gasteiger partial charge is 0.465 e. The molecule has 0 bridgehead atoms. The van der Waals surface area contributed by atoms with Crippen LogP contribution in [-0.2, 0) is 17.6 Å². The molecular weight excluding hydrogens is 368 g/mol. The highest BCUT2D eigenvalue weighted by Gasteiger charge is 2.34. The summed E-state index contributed by atoms with van der Waals surface area (Å²) in [7, 11) is 1.32. The molecule has 2 aliphatic rings. The smallest absolute Gasteiger partial charge is 0.337 e. The van der Waals surface area contributed by atoms with Crippen molar-refractivity contribution in [1.82, 2.24) is 5.01 Å². The molecule has 1 aliphatic carbocycles. The molecule has 6 heteroatoms. The van der Waals surface area contributed by atoms with Gasteiger partial charge in [0.25, 0.3) is 11.8 Å². The second kappa shape index (κ2) is 6.38. The van der Waals surface area contributed by atoms with E-state index in [9.17, 15) is 14.4 Å². The molecule has 29 heavy (non-hydrogen) atoms. The van der Waals surface area contributed by atoms with Crippen LogP contribution < -0.4 is 0 Å². The highest BCUT2D eigenvalue weighted by Crippen LogP contribution is 2.38. The highest BCUT2D eigenvalue weighted by atomic mass is 16.5. The SMILES string of the molecule is COC(=O)c1ccc(/C=N/N2C(=O)c3ccc4c5c(ccc(c35)C2=O)CC4)cc1. The first-order chi connectivity index (χ1) is 14.1. The first-order valence-electron chi connectivity index (χ1n) is 9.27. The quantitative estimate of drug-likeness (QED) is 0.394. The number of carbonyl (C=O) groups is 3. The van der Waals surface area contributed by atoms with Gasteiger partial charge in [-0.1, -0.05) is 24.3 Å². The molecule has 0 atom stereocenters. The minimum absolute atomic E-state index is 0.410. The van der Waals surface area contributed by atoms with E-state index in [-0.39, 0.29) is 0 Å². The molecule has 5 rings (SSSR count). The summed E-state index contributed by atoms with van der Waals surface area (Å²) < 4.78 is 4.67. The maximum Gasteiger partial charge on any atom is 0.337 e. The van der Waals surface area contributed by atoms with E-state index in [1.165, 1.54) is 24.5 Å². The normalized spacial score (nSPS) is 14.9. The first kappa shape index (κ1) is 17.3. The average Bonchev–Trinajstić information content (AvgIpc) is 3.18. The van der Waals surface area contributed by atoms with Crippen molar-refractivity contribution in [2.24, 2.45) is 5.10 Å². The van der Waals surface area contributed by atoms with Gasteiger partial charge in [-0.3, -0.25) is 9.59 Å². The van der Waals surface area contributed by atoms with Crippen LogP contribution in [0.15, 0.2) is 53.6 Å². The molecule has 142 valence electrons. The summed E-state index contributed by atoms with van der Waals surface area (Å²) >= 11 is 0. The summed E-state index contributed by atoms with van der Waals surface area (Å²) in [4.78, 5) is 37.5. The van der Waals surface area contributed by atoms with E-state index in [2.05, 4.69) is 9.84 Å². The number of imide groups is 1. The predicted octanol–water partition coefficient (Wildman–Crippen LogP) is 3.36. The molecule has 6 nitrogen and oxygen atoms in total. The molecule has 0 N–H and O–H groups in total. The Hall–Kier alpha value is -3.80. The van der Waals surface area contributed by atoms with Crippen LogP contribution in [0.2, 0.25) is 0 Å². The van der Waals surface area contributed by atoms with Crippen molar-refractivity contribution in [1.29, 1.82) is 0 Å². The number of rotatable bonds is 3. The zero-order valence-electron chi connectivity index (χ0n) is 15.6. The second-order valence-corrected chi connectivity index (χ2v) is 7.07. The fourth-order valence-electron chi connectivity index (χ4n) is 4.06. The highest BCUT2D eigenvalue weighted by molar-refractivity contribution is 6.26. The van der Waals surface area contributed by atoms with E-state index in [1.54, 1.807) is 36.4 Å². The maximum atomic E-state index is 13.0. The van der Waals surface area contributed by atoms with Gasteiger partial charge in [-0.05, 0) is 59.2 Å². The van der Waals surface area contributed by atoms with Crippen LogP contribution in [-0.4, -0.2) is 36.1 Å². The molecular formula is C23H16N2O4. The zero-order chi connectivity index (χ0) is 20.1. The van der Waals surface area contributed by atoms with Gasteiger partial charge in [0, 0.05) is 5.39 Å². The monoisotopic (exact) mass is 384 g/mol. The number of aryl methyl sites for hydroxylation is 2. The van der Waals surface area contributed by atoms with Gasteiger partial charge in [0.1, 0.15) is 0 Å². The minimum Gasteiger partial charge on any atom is -0.465 e. The Bertz CT molecular complexity index is 1180. The number of hydrogen-bond donors (Lipinski definition) is 0. The van der Waals surface area contributed by atoms with Gasteiger partial charge in [0.05, 0.1) is 30.0 Å². The summed E-state index contributed by atoms with van der Waals surface area (Å²) in [5.41, 5.74) is 4.43. The third-order valence-electron chi connectivity index (χ3n) is 5.50. The standard InChI is InChI=1S/C23H16N2O4/c1-29-23(28)16-4-2-13(3-5-16)12-24-25-21(26)17-10-8-14-6-7-15-9-11-18(22(25)27)20(17)19(14)15/h2-5,8-12H,6-7H2,1H3/b24-12+. The number of ether oxygens (including phenoxy) is 1. The number of hydrazone groups is 1. The van der Waals surface area contributed by atoms with E-state index in [4.69, 9.17) is 0 Å². The van der Waals surface area contributed by atoms with Gasteiger partial charge < -0.3 is 4.74 Å². The van der Waals surface area contributed by atoms with E-state index in [0.717, 1.165) is 28.6 Å². The van der Waals surface area contributed by atoms with Crippen LogP contribution >= 0.6 is 0 Å². The molecule has 3 aromatic rings. The maximum absolute atomic E-state index is 13.0. The van der Waals surface area contributed by atoms with E-state index in [1.807, 2.05) is 12.1 Å². The lowest BCUT2D eigenvalue weighted by Crippen LogP contribution is -2.36. The Morgan fingerprint density at radius 2 is 1.48 bits per heavy atom. The van der Waals surface area contributed by atoms with Crippen molar-refractivity contribution in [2.75, 3.05) is 7.11 Å². The van der Waals surface area contributed by atoms with Crippen molar-refractivity contribution in [3.8, 4) is 0 Å². The molecule has 2 amide bonds. The fourth-order valence-corrected chi connectivity index (χ4v) is 4.06. The molecule has 0 fully saturated rings. The van der Waals surface area contributed by atoms with Crippen molar-refractivity contribution in [2.45, 2.75) is 12.8 Å². The second-order valence-electron chi connectivity index (χ2n) is 7.07. The Kier molecular flexibility index (Phi) is 3.81. The number of nitrogens with zero attached hydrogens (tertiary/aromatic N) is 2. The Morgan fingerprint density at radius 3 is 2.03 bits per heavy atom. The minimum atomic E-state index is -0.435. The molecule has 0 saturated heterocycles. The summed E-state index contributed by atoms with van der Waals surface area (Å²) in [6.45, 7) is 0. The number of amides is 2. The molecule has 3 aromatic carbocycles. The van der Waals surface area contributed by atoms with Crippen molar-refractivity contribution < 1.29 is 19.1 Å². The Labute approximate surface area is 166 Å². The Balaban J connectivity index is 1.51. The number of carbonyl (C=O) groups excluding carboxylic acids is 3. The van der Waals surface area contributed by atoms with Crippen LogP contribution in [0.5, 0.6) is 0 Å². The van der Waals surface area contributed by atoms with E-state index < -0.39 is 17.8 Å². The average molecular weight is 384 g/mol. The lowest BCUT2D eigenvalue weighted by molar-refractivity contribution is 0.0595. The van der Waals surface area contributed by atoms with Crippen molar-refractivity contribution in [3.05, 3.63) is 81.9 Å². The third-order valence-corrected chi connectivity index (χ3v) is 5.50. The van der Waals surface area contributed by atoms with Crippen LogP contribution in [0, 0.1) is 0 Å². The number of hydrogen-bond acceptors (Lipinski definition) is 5.